The highest BCUT2D eigenvalue weighted by Gasteiger charge is 2.18. The predicted octanol–water partition coefficient (Wildman–Crippen LogP) is 5.25. The van der Waals surface area contributed by atoms with E-state index in [2.05, 4.69) is 5.92 Å². The van der Waals surface area contributed by atoms with Crippen LogP contribution in [0.4, 0.5) is 11.4 Å². The fourth-order valence-electron chi connectivity index (χ4n) is 3.05. The van der Waals surface area contributed by atoms with Crippen LogP contribution in [0.3, 0.4) is 0 Å². The van der Waals surface area contributed by atoms with Crippen LogP contribution in [0.15, 0.2) is 101 Å². The van der Waals surface area contributed by atoms with Crippen LogP contribution in [0.1, 0.15) is 5.56 Å². The number of sulfone groups is 1. The second kappa shape index (κ2) is 8.99. The Morgan fingerprint density at radius 2 is 1.15 bits per heavy atom. The molecular weight excluding hydrogens is 436 g/mol. The van der Waals surface area contributed by atoms with E-state index in [1.165, 1.54) is 24.3 Å². The summed E-state index contributed by atoms with van der Waals surface area (Å²) in [5, 5.41) is 0. The summed E-state index contributed by atoms with van der Waals surface area (Å²) in [6.45, 7) is 0. The second-order valence-corrected chi connectivity index (χ2v) is 9.06. The van der Waals surface area contributed by atoms with E-state index in [1.54, 1.807) is 66.7 Å². The smallest absolute Gasteiger partial charge is 0.206 e. The summed E-state index contributed by atoms with van der Waals surface area (Å²) >= 11 is 0. The molecule has 0 aliphatic rings. The lowest BCUT2D eigenvalue weighted by Crippen LogP contribution is -2.02. The third-order valence-corrected chi connectivity index (χ3v) is 6.58. The molecule has 0 heterocycles. The zero-order valence-electron chi connectivity index (χ0n) is 17.4. The number of ether oxygens (including phenoxy) is 2. The highest BCUT2D eigenvalue weighted by atomic mass is 32.2. The van der Waals surface area contributed by atoms with Gasteiger partial charge in [0, 0.05) is 11.6 Å². The van der Waals surface area contributed by atoms with E-state index in [4.69, 9.17) is 27.4 Å². The molecule has 6 nitrogen and oxygen atoms in total. The van der Waals surface area contributed by atoms with Crippen molar-refractivity contribution in [2.75, 3.05) is 11.5 Å². The number of hydrogen-bond donors (Lipinski definition) is 2. The van der Waals surface area contributed by atoms with Crippen molar-refractivity contribution in [3.63, 3.8) is 0 Å². The Bertz CT molecular complexity index is 1440. The molecule has 4 rings (SSSR count). The van der Waals surface area contributed by atoms with Crippen molar-refractivity contribution in [2.24, 2.45) is 0 Å². The lowest BCUT2D eigenvalue weighted by molar-refractivity contribution is 0.482. The maximum absolute atomic E-state index is 13.0. The van der Waals surface area contributed by atoms with Gasteiger partial charge in [0.15, 0.2) is 0 Å². The standard InChI is InChI=1S/C26H20N2O4S/c1-2-18-4-3-5-21(16-18)31-19-6-11-23(12-7-19)33(29,30)24-13-8-20(9-14-24)32-22-10-15-25(27)26(28)17-22/h1,3-17H,27-28H2. The summed E-state index contributed by atoms with van der Waals surface area (Å²) in [6.07, 6.45) is 5.40. The van der Waals surface area contributed by atoms with Gasteiger partial charge in [0.2, 0.25) is 9.84 Å². The fraction of sp³-hybridized carbons (Fsp3) is 0. The molecule has 0 aromatic heterocycles. The maximum atomic E-state index is 13.0. The van der Waals surface area contributed by atoms with Crippen molar-refractivity contribution in [2.45, 2.75) is 9.79 Å². The Kier molecular flexibility index (Phi) is 5.94. The van der Waals surface area contributed by atoms with Crippen LogP contribution in [-0.4, -0.2) is 8.42 Å². The van der Waals surface area contributed by atoms with Crippen molar-refractivity contribution in [3.05, 3.63) is 96.6 Å². The van der Waals surface area contributed by atoms with E-state index in [-0.39, 0.29) is 9.79 Å². The number of nitrogen functional groups attached to an aromatic ring is 2. The molecule has 7 heteroatoms. The zero-order valence-corrected chi connectivity index (χ0v) is 18.3. The van der Waals surface area contributed by atoms with Crippen LogP contribution in [0.2, 0.25) is 0 Å². The Balaban J connectivity index is 1.49. The summed E-state index contributed by atoms with van der Waals surface area (Å²) in [6, 6.07) is 24.3. The first kappa shape index (κ1) is 21.8. The highest BCUT2D eigenvalue weighted by molar-refractivity contribution is 7.91. The lowest BCUT2D eigenvalue weighted by Gasteiger charge is -2.10. The van der Waals surface area contributed by atoms with Crippen LogP contribution >= 0.6 is 0 Å². The molecule has 0 spiro atoms. The summed E-state index contributed by atoms with van der Waals surface area (Å²) in [5.41, 5.74) is 13.0. The summed E-state index contributed by atoms with van der Waals surface area (Å²) in [5.74, 6) is 4.58. The molecule has 33 heavy (non-hydrogen) atoms. The minimum atomic E-state index is -3.72. The van der Waals surface area contributed by atoms with Crippen LogP contribution in [-0.2, 0) is 9.84 Å². The number of nitrogens with two attached hydrogens (primary N) is 2. The Morgan fingerprint density at radius 1 is 0.636 bits per heavy atom. The van der Waals surface area contributed by atoms with E-state index in [9.17, 15) is 8.42 Å². The lowest BCUT2D eigenvalue weighted by atomic mass is 10.2. The van der Waals surface area contributed by atoms with E-state index in [0.717, 1.165) is 0 Å². The average molecular weight is 457 g/mol. The van der Waals surface area contributed by atoms with Gasteiger partial charge < -0.3 is 20.9 Å². The predicted molar refractivity (Wildman–Crippen MR) is 128 cm³/mol. The Morgan fingerprint density at radius 3 is 1.67 bits per heavy atom. The van der Waals surface area contributed by atoms with Gasteiger partial charge in [-0.2, -0.15) is 0 Å². The molecule has 0 atom stereocenters. The number of anilines is 2. The normalized spacial score (nSPS) is 10.9. The molecule has 4 aromatic rings. The van der Waals surface area contributed by atoms with Crippen LogP contribution in [0.5, 0.6) is 23.0 Å². The zero-order chi connectivity index (χ0) is 23.4. The molecule has 164 valence electrons. The van der Waals surface area contributed by atoms with Crippen LogP contribution in [0.25, 0.3) is 0 Å². The van der Waals surface area contributed by atoms with Gasteiger partial charge >= 0.3 is 0 Å². The van der Waals surface area contributed by atoms with E-state index < -0.39 is 9.84 Å². The fourth-order valence-corrected chi connectivity index (χ4v) is 4.31. The molecule has 0 fully saturated rings. The highest BCUT2D eigenvalue weighted by Crippen LogP contribution is 2.30. The molecule has 0 aliphatic heterocycles. The first-order valence-corrected chi connectivity index (χ1v) is 11.4. The van der Waals surface area contributed by atoms with Gasteiger partial charge in [0.05, 0.1) is 21.2 Å². The summed E-state index contributed by atoms with van der Waals surface area (Å²) in [7, 11) is -3.72. The molecule has 0 saturated heterocycles. The molecule has 4 N–H and O–H groups in total. The Labute approximate surface area is 192 Å². The van der Waals surface area contributed by atoms with Crippen molar-refractivity contribution in [1.29, 1.82) is 0 Å². The number of benzene rings is 4. The van der Waals surface area contributed by atoms with Gasteiger partial charge in [0.25, 0.3) is 0 Å². The molecule has 0 bridgehead atoms. The minimum Gasteiger partial charge on any atom is -0.457 e. The minimum absolute atomic E-state index is 0.141. The van der Waals surface area contributed by atoms with Gasteiger partial charge in [-0.05, 0) is 78.9 Å². The first-order valence-electron chi connectivity index (χ1n) is 9.88. The maximum Gasteiger partial charge on any atom is 0.206 e. The molecule has 4 aromatic carbocycles. The van der Waals surface area contributed by atoms with E-state index >= 15 is 0 Å². The first-order chi connectivity index (χ1) is 15.8. The van der Waals surface area contributed by atoms with Crippen molar-refractivity contribution in [1.82, 2.24) is 0 Å². The largest absolute Gasteiger partial charge is 0.457 e. The quantitative estimate of drug-likeness (QED) is 0.303. The van der Waals surface area contributed by atoms with Gasteiger partial charge in [-0.1, -0.05) is 12.0 Å². The Hall–Kier alpha value is -4.41. The molecule has 0 amide bonds. The molecule has 0 aliphatic carbocycles. The number of hydrogen-bond acceptors (Lipinski definition) is 6. The van der Waals surface area contributed by atoms with Gasteiger partial charge in [-0.25, -0.2) is 8.42 Å². The number of rotatable bonds is 6. The third kappa shape index (κ3) is 4.92. The average Bonchev–Trinajstić information content (AvgIpc) is 2.82. The monoisotopic (exact) mass is 456 g/mol. The molecule has 0 saturated carbocycles. The van der Waals surface area contributed by atoms with Crippen molar-refractivity contribution in [3.8, 4) is 35.3 Å². The molecule has 0 radical (unpaired) electrons. The SMILES string of the molecule is C#Cc1cccc(Oc2ccc(S(=O)(=O)c3ccc(Oc4ccc(N)c(N)c4)cc3)cc2)c1. The molecule has 0 unspecified atom stereocenters. The van der Waals surface area contributed by atoms with Crippen LogP contribution in [0, 0.1) is 12.3 Å². The second-order valence-electron chi connectivity index (χ2n) is 7.11. The third-order valence-electron chi connectivity index (χ3n) is 4.80. The van der Waals surface area contributed by atoms with Crippen molar-refractivity contribution < 1.29 is 17.9 Å². The van der Waals surface area contributed by atoms with Crippen molar-refractivity contribution >= 4 is 21.2 Å². The van der Waals surface area contributed by atoms with Gasteiger partial charge in [0.1, 0.15) is 23.0 Å². The van der Waals surface area contributed by atoms with Crippen LogP contribution < -0.4 is 20.9 Å². The summed E-state index contributed by atoms with van der Waals surface area (Å²) < 4.78 is 37.5. The van der Waals surface area contributed by atoms with E-state index in [1.807, 2.05) is 0 Å². The van der Waals surface area contributed by atoms with Gasteiger partial charge in [-0.3, -0.25) is 0 Å². The number of terminal acetylenes is 1. The van der Waals surface area contributed by atoms with Gasteiger partial charge in [-0.15, -0.1) is 6.42 Å². The topological polar surface area (TPSA) is 105 Å². The van der Waals surface area contributed by atoms with E-state index in [0.29, 0.717) is 39.9 Å². The molecular formula is C26H20N2O4S. The summed E-state index contributed by atoms with van der Waals surface area (Å²) in [4.78, 5) is 0.286.